The molecular weight excluding hydrogens is 180 g/mol. The van der Waals surface area contributed by atoms with E-state index < -0.39 is 5.97 Å². The van der Waals surface area contributed by atoms with E-state index in [1.807, 2.05) is 6.08 Å². The van der Waals surface area contributed by atoms with Crippen molar-refractivity contribution in [1.29, 1.82) is 0 Å². The summed E-state index contributed by atoms with van der Waals surface area (Å²) < 4.78 is 0. The quantitative estimate of drug-likeness (QED) is 0.663. The molecule has 0 radical (unpaired) electrons. The normalized spacial score (nSPS) is 15.7. The number of aliphatic carboxylic acids is 1. The predicted octanol–water partition coefficient (Wildman–Crippen LogP) is 2.31. The minimum absolute atomic E-state index is 0.243. The van der Waals surface area contributed by atoms with E-state index in [4.69, 9.17) is 5.11 Å². The monoisotopic (exact) mass is 196 g/mol. The van der Waals surface area contributed by atoms with Gasteiger partial charge in [-0.2, -0.15) is 0 Å². The molecule has 3 heteroatoms. The number of rotatable bonds is 6. The van der Waals surface area contributed by atoms with Crippen LogP contribution < -0.4 is 0 Å². The summed E-state index contributed by atoms with van der Waals surface area (Å²) in [5.41, 5.74) is 0.959. The zero-order chi connectivity index (χ0) is 10.4. The molecule has 0 fully saturated rings. The van der Waals surface area contributed by atoms with Crippen LogP contribution in [0.2, 0.25) is 0 Å². The minimum atomic E-state index is -0.735. The van der Waals surface area contributed by atoms with Crippen LogP contribution in [0.5, 0.6) is 0 Å². The van der Waals surface area contributed by atoms with E-state index in [0.717, 1.165) is 37.7 Å². The van der Waals surface area contributed by atoms with Crippen LogP contribution in [0.15, 0.2) is 11.6 Å². The topological polar surface area (TPSA) is 54.4 Å². The molecule has 78 valence electrons. The van der Waals surface area contributed by atoms with Crippen LogP contribution in [0.3, 0.4) is 0 Å². The maximum atomic E-state index is 11.2. The Morgan fingerprint density at radius 1 is 1.36 bits per heavy atom. The number of hydrogen-bond acceptors (Lipinski definition) is 2. The lowest BCUT2D eigenvalue weighted by Gasteiger charge is -1.99. The van der Waals surface area contributed by atoms with E-state index in [0.29, 0.717) is 6.42 Å². The summed E-state index contributed by atoms with van der Waals surface area (Å²) in [5.74, 6) is -0.454. The molecule has 0 spiro atoms. The van der Waals surface area contributed by atoms with E-state index in [1.54, 1.807) is 0 Å². The smallest absolute Gasteiger partial charge is 0.303 e. The second-order valence-corrected chi connectivity index (χ2v) is 3.65. The van der Waals surface area contributed by atoms with Gasteiger partial charge in [0.25, 0.3) is 0 Å². The molecular formula is C11H16O3. The van der Waals surface area contributed by atoms with Gasteiger partial charge in [0.1, 0.15) is 0 Å². The standard InChI is InChI=1S/C11H16O3/c12-10-7-4-6-9(10)5-2-1-3-8-11(13)14/h6H,1-5,7-8H2,(H,13,14). The van der Waals surface area contributed by atoms with Gasteiger partial charge in [-0.05, 0) is 31.3 Å². The molecule has 1 aliphatic rings. The third-order valence-corrected chi connectivity index (χ3v) is 2.46. The van der Waals surface area contributed by atoms with Crippen LogP contribution in [-0.4, -0.2) is 16.9 Å². The van der Waals surface area contributed by atoms with Crippen molar-refractivity contribution in [2.24, 2.45) is 0 Å². The third-order valence-electron chi connectivity index (χ3n) is 2.46. The second-order valence-electron chi connectivity index (χ2n) is 3.65. The highest BCUT2D eigenvalue weighted by Gasteiger charge is 2.13. The molecule has 1 N–H and O–H groups in total. The highest BCUT2D eigenvalue weighted by atomic mass is 16.4. The van der Waals surface area contributed by atoms with Gasteiger partial charge in [0.2, 0.25) is 0 Å². The molecule has 14 heavy (non-hydrogen) atoms. The highest BCUT2D eigenvalue weighted by Crippen LogP contribution is 2.19. The molecule has 0 bridgehead atoms. The predicted molar refractivity (Wildman–Crippen MR) is 53.0 cm³/mol. The number of allylic oxidation sites excluding steroid dienone is 2. The fourth-order valence-corrected chi connectivity index (χ4v) is 1.66. The Hall–Kier alpha value is -1.12. The molecule has 0 amide bonds. The molecule has 3 nitrogen and oxygen atoms in total. The molecule has 0 heterocycles. The van der Waals surface area contributed by atoms with E-state index in [2.05, 4.69) is 0 Å². The van der Waals surface area contributed by atoms with Crippen molar-refractivity contribution in [1.82, 2.24) is 0 Å². The van der Waals surface area contributed by atoms with E-state index in [-0.39, 0.29) is 12.2 Å². The SMILES string of the molecule is O=C(O)CCCCCC1=CCCC1=O. The summed E-state index contributed by atoms with van der Waals surface area (Å²) >= 11 is 0. The molecule has 0 atom stereocenters. The largest absolute Gasteiger partial charge is 0.481 e. The van der Waals surface area contributed by atoms with Crippen molar-refractivity contribution in [2.75, 3.05) is 0 Å². The Bertz CT molecular complexity index is 253. The summed E-state index contributed by atoms with van der Waals surface area (Å²) in [4.78, 5) is 21.4. The first kappa shape index (κ1) is 11.0. The molecule has 0 unspecified atom stereocenters. The molecule has 0 aromatic carbocycles. The Kier molecular flexibility index (Phi) is 4.36. The molecule has 0 aliphatic heterocycles. The van der Waals surface area contributed by atoms with Crippen LogP contribution in [0.25, 0.3) is 0 Å². The molecule has 1 rings (SSSR count). The molecule has 0 aromatic heterocycles. The number of carbonyl (C=O) groups excluding carboxylic acids is 1. The Morgan fingerprint density at radius 3 is 2.71 bits per heavy atom. The third kappa shape index (κ3) is 3.73. The van der Waals surface area contributed by atoms with Gasteiger partial charge >= 0.3 is 5.97 Å². The average molecular weight is 196 g/mol. The molecule has 0 saturated heterocycles. The van der Waals surface area contributed by atoms with Crippen molar-refractivity contribution >= 4 is 11.8 Å². The summed E-state index contributed by atoms with van der Waals surface area (Å²) in [6, 6.07) is 0. The lowest BCUT2D eigenvalue weighted by Crippen LogP contribution is -1.96. The Balaban J connectivity index is 2.04. The number of ketones is 1. The van der Waals surface area contributed by atoms with Crippen molar-refractivity contribution in [2.45, 2.75) is 44.9 Å². The van der Waals surface area contributed by atoms with Crippen LogP contribution in [-0.2, 0) is 9.59 Å². The summed E-state index contributed by atoms with van der Waals surface area (Å²) in [6.45, 7) is 0. The van der Waals surface area contributed by atoms with Gasteiger partial charge in [-0.1, -0.05) is 12.5 Å². The number of Topliss-reactive ketones (excluding diaryl/α,β-unsaturated/α-hetero) is 1. The fourth-order valence-electron chi connectivity index (χ4n) is 1.66. The summed E-state index contributed by atoms with van der Waals surface area (Å²) in [6.07, 6.45) is 7.21. The first-order chi connectivity index (χ1) is 6.70. The lowest BCUT2D eigenvalue weighted by molar-refractivity contribution is -0.137. The van der Waals surface area contributed by atoms with E-state index in [1.165, 1.54) is 0 Å². The maximum Gasteiger partial charge on any atom is 0.303 e. The first-order valence-electron chi connectivity index (χ1n) is 5.14. The first-order valence-corrected chi connectivity index (χ1v) is 5.14. The Morgan fingerprint density at radius 2 is 2.14 bits per heavy atom. The van der Waals surface area contributed by atoms with Gasteiger partial charge in [0.15, 0.2) is 5.78 Å². The zero-order valence-corrected chi connectivity index (χ0v) is 8.29. The summed E-state index contributed by atoms with van der Waals surface area (Å²) in [7, 11) is 0. The average Bonchev–Trinajstić information content (AvgIpc) is 2.51. The molecule has 0 aromatic rings. The number of hydrogen-bond donors (Lipinski definition) is 1. The number of unbranched alkanes of at least 4 members (excludes halogenated alkanes) is 2. The number of carbonyl (C=O) groups is 2. The zero-order valence-electron chi connectivity index (χ0n) is 8.29. The van der Waals surface area contributed by atoms with Crippen LogP contribution in [0, 0.1) is 0 Å². The maximum absolute atomic E-state index is 11.2. The molecule has 0 saturated carbocycles. The van der Waals surface area contributed by atoms with Gasteiger partial charge in [0, 0.05) is 12.8 Å². The van der Waals surface area contributed by atoms with Crippen molar-refractivity contribution in [3.8, 4) is 0 Å². The van der Waals surface area contributed by atoms with Crippen LogP contribution >= 0.6 is 0 Å². The second kappa shape index (κ2) is 5.58. The van der Waals surface area contributed by atoms with E-state index in [9.17, 15) is 9.59 Å². The number of carboxylic acids is 1. The van der Waals surface area contributed by atoms with Crippen molar-refractivity contribution in [3.05, 3.63) is 11.6 Å². The van der Waals surface area contributed by atoms with Crippen molar-refractivity contribution < 1.29 is 14.7 Å². The van der Waals surface area contributed by atoms with Gasteiger partial charge in [-0.25, -0.2) is 0 Å². The van der Waals surface area contributed by atoms with Crippen molar-refractivity contribution in [3.63, 3.8) is 0 Å². The molecule has 1 aliphatic carbocycles. The van der Waals surface area contributed by atoms with E-state index >= 15 is 0 Å². The van der Waals surface area contributed by atoms with Gasteiger partial charge in [0.05, 0.1) is 0 Å². The minimum Gasteiger partial charge on any atom is -0.481 e. The Labute approximate surface area is 83.8 Å². The van der Waals surface area contributed by atoms with Gasteiger partial charge in [-0.3, -0.25) is 9.59 Å². The summed E-state index contributed by atoms with van der Waals surface area (Å²) in [5, 5.41) is 8.40. The van der Waals surface area contributed by atoms with Crippen LogP contribution in [0.1, 0.15) is 44.9 Å². The van der Waals surface area contributed by atoms with Crippen LogP contribution in [0.4, 0.5) is 0 Å². The highest BCUT2D eigenvalue weighted by molar-refractivity contribution is 5.97. The van der Waals surface area contributed by atoms with Gasteiger partial charge < -0.3 is 5.11 Å². The fraction of sp³-hybridized carbons (Fsp3) is 0.636. The number of carboxylic acid groups (broad SMARTS) is 1. The lowest BCUT2D eigenvalue weighted by atomic mass is 10.1. The van der Waals surface area contributed by atoms with Gasteiger partial charge in [-0.15, -0.1) is 0 Å².